The molecule has 0 unspecified atom stereocenters. The molecule has 0 bridgehead atoms. The predicted octanol–water partition coefficient (Wildman–Crippen LogP) is 2.35. The van der Waals surface area contributed by atoms with Gasteiger partial charge in [-0.15, -0.1) is 0 Å². The van der Waals surface area contributed by atoms with E-state index in [-0.39, 0.29) is 18.3 Å². The predicted molar refractivity (Wildman–Crippen MR) is 104 cm³/mol. The minimum atomic E-state index is -0.289. The van der Waals surface area contributed by atoms with Gasteiger partial charge in [0.15, 0.2) is 23.9 Å². The van der Waals surface area contributed by atoms with Gasteiger partial charge in [-0.05, 0) is 48.4 Å². The lowest BCUT2D eigenvalue weighted by Gasteiger charge is -2.10. The van der Waals surface area contributed by atoms with Crippen LogP contribution in [0.15, 0.2) is 47.6 Å². The molecule has 0 radical (unpaired) electrons. The molecule has 0 fully saturated rings. The van der Waals surface area contributed by atoms with Crippen LogP contribution < -0.4 is 20.5 Å². The number of carbonyl (C=O) groups is 1. The van der Waals surface area contributed by atoms with Crippen molar-refractivity contribution in [2.24, 2.45) is 10.9 Å². The second kappa shape index (κ2) is 10.3. The number of nitrogens with one attached hydrogen (secondary N) is 1. The summed E-state index contributed by atoms with van der Waals surface area (Å²) in [6.45, 7) is 0.230. The molecule has 0 saturated carbocycles. The second-order valence-electron chi connectivity index (χ2n) is 5.55. The molecule has 0 spiro atoms. The average molecular weight is 392 g/mol. The number of hydrogen-bond acceptors (Lipinski definition) is 5. The lowest BCUT2D eigenvalue weighted by Crippen LogP contribution is -2.29. The zero-order chi connectivity index (χ0) is 19.6. The number of amidine groups is 1. The number of rotatable bonds is 9. The topological polar surface area (TPSA) is 95.2 Å². The minimum Gasteiger partial charge on any atom is -0.493 e. The molecule has 0 heterocycles. The number of benzene rings is 2. The second-order valence-corrected chi connectivity index (χ2v) is 5.98. The Balaban J connectivity index is 1.75. The highest BCUT2D eigenvalue weighted by Gasteiger charge is 2.06. The fourth-order valence-electron chi connectivity index (χ4n) is 2.27. The van der Waals surface area contributed by atoms with Crippen LogP contribution in [0.1, 0.15) is 11.1 Å². The van der Waals surface area contributed by atoms with Crippen molar-refractivity contribution >= 4 is 23.3 Å². The summed E-state index contributed by atoms with van der Waals surface area (Å²) in [5.74, 6) is 1.19. The molecule has 2 aromatic rings. The Bertz CT molecular complexity index is 794. The summed E-state index contributed by atoms with van der Waals surface area (Å²) in [6.07, 6.45) is 0.641. The molecule has 1 amide bonds. The van der Waals surface area contributed by atoms with Gasteiger partial charge in [-0.25, -0.2) is 0 Å². The lowest BCUT2D eigenvalue weighted by molar-refractivity contribution is -0.125. The van der Waals surface area contributed by atoms with Crippen molar-refractivity contribution in [1.29, 1.82) is 0 Å². The summed E-state index contributed by atoms with van der Waals surface area (Å²) in [7, 11) is 3.16. The quantitative estimate of drug-likeness (QED) is 0.388. The standard InChI is InChI=1S/C19H22ClN3O4/c1-25-16-8-3-13(11-17(16)26-2)9-10-22-18(24)12-27-23-19(21)14-4-6-15(20)7-5-14/h3-8,11H,9-10,12H2,1-2H3,(H2,21,23)(H,22,24). The molecular formula is C19H22ClN3O4. The van der Waals surface area contributed by atoms with E-state index in [1.54, 1.807) is 38.5 Å². The maximum Gasteiger partial charge on any atom is 0.260 e. The first-order valence-corrected chi connectivity index (χ1v) is 8.60. The first kappa shape index (κ1) is 20.4. The van der Waals surface area contributed by atoms with E-state index >= 15 is 0 Å². The van der Waals surface area contributed by atoms with Crippen molar-refractivity contribution < 1.29 is 19.1 Å². The third kappa shape index (κ3) is 6.38. The molecular weight excluding hydrogens is 370 g/mol. The zero-order valence-electron chi connectivity index (χ0n) is 15.2. The zero-order valence-corrected chi connectivity index (χ0v) is 16.0. The highest BCUT2D eigenvalue weighted by atomic mass is 35.5. The van der Waals surface area contributed by atoms with Crippen LogP contribution in [-0.4, -0.2) is 39.1 Å². The molecule has 0 aliphatic heterocycles. The molecule has 0 aliphatic rings. The summed E-state index contributed by atoms with van der Waals surface area (Å²) < 4.78 is 10.5. The van der Waals surface area contributed by atoms with E-state index in [2.05, 4.69) is 10.5 Å². The molecule has 8 heteroatoms. The highest BCUT2D eigenvalue weighted by molar-refractivity contribution is 6.30. The number of nitrogens with zero attached hydrogens (tertiary/aromatic N) is 1. The summed E-state index contributed by atoms with van der Waals surface area (Å²) >= 11 is 5.81. The average Bonchev–Trinajstić information content (AvgIpc) is 2.68. The number of nitrogens with two attached hydrogens (primary N) is 1. The largest absolute Gasteiger partial charge is 0.493 e. The van der Waals surface area contributed by atoms with E-state index in [0.717, 1.165) is 5.56 Å². The van der Waals surface area contributed by atoms with Crippen LogP contribution >= 0.6 is 11.6 Å². The van der Waals surface area contributed by atoms with E-state index in [4.69, 9.17) is 31.6 Å². The summed E-state index contributed by atoms with van der Waals surface area (Å²) in [4.78, 5) is 16.8. The fourth-order valence-corrected chi connectivity index (χ4v) is 2.39. The molecule has 0 aliphatic carbocycles. The normalized spacial score (nSPS) is 11.0. The Morgan fingerprint density at radius 2 is 1.81 bits per heavy atom. The van der Waals surface area contributed by atoms with E-state index in [1.807, 2.05) is 18.2 Å². The van der Waals surface area contributed by atoms with Crippen molar-refractivity contribution in [3.63, 3.8) is 0 Å². The third-order valence-corrected chi connectivity index (χ3v) is 3.93. The van der Waals surface area contributed by atoms with Crippen LogP contribution in [0.2, 0.25) is 5.02 Å². The van der Waals surface area contributed by atoms with Gasteiger partial charge in [0.05, 0.1) is 14.2 Å². The number of carbonyl (C=O) groups excluding carboxylic acids is 1. The Labute approximate surface area is 163 Å². The van der Waals surface area contributed by atoms with Crippen LogP contribution in [0.4, 0.5) is 0 Å². The molecule has 7 nitrogen and oxygen atoms in total. The first-order chi connectivity index (χ1) is 13.0. The fraction of sp³-hybridized carbons (Fsp3) is 0.263. The van der Waals surface area contributed by atoms with Crippen LogP contribution in [0.25, 0.3) is 0 Å². The van der Waals surface area contributed by atoms with Gasteiger partial charge in [-0.2, -0.15) is 0 Å². The van der Waals surface area contributed by atoms with Gasteiger partial charge in [0.1, 0.15) is 0 Å². The molecule has 27 heavy (non-hydrogen) atoms. The maximum absolute atomic E-state index is 11.8. The molecule has 0 saturated heterocycles. The van der Waals surface area contributed by atoms with Crippen molar-refractivity contribution in [1.82, 2.24) is 5.32 Å². The van der Waals surface area contributed by atoms with Crippen LogP contribution in [0.5, 0.6) is 11.5 Å². The van der Waals surface area contributed by atoms with Crippen LogP contribution in [0, 0.1) is 0 Å². The maximum atomic E-state index is 11.8. The number of hydrogen-bond donors (Lipinski definition) is 2. The van der Waals surface area contributed by atoms with Crippen LogP contribution in [-0.2, 0) is 16.1 Å². The van der Waals surface area contributed by atoms with Crippen molar-refractivity contribution in [3.05, 3.63) is 58.6 Å². The molecule has 2 rings (SSSR count). The van der Waals surface area contributed by atoms with Gasteiger partial charge in [-0.3, -0.25) is 4.79 Å². The smallest absolute Gasteiger partial charge is 0.260 e. The van der Waals surface area contributed by atoms with Gasteiger partial charge in [-0.1, -0.05) is 22.8 Å². The molecule has 2 aromatic carbocycles. The monoisotopic (exact) mass is 391 g/mol. The lowest BCUT2D eigenvalue weighted by atomic mass is 10.1. The Morgan fingerprint density at radius 1 is 1.11 bits per heavy atom. The molecule has 0 aromatic heterocycles. The van der Waals surface area contributed by atoms with Gasteiger partial charge in [0.2, 0.25) is 0 Å². The van der Waals surface area contributed by atoms with Gasteiger partial charge in [0, 0.05) is 17.1 Å². The van der Waals surface area contributed by atoms with Crippen molar-refractivity contribution in [3.8, 4) is 11.5 Å². The van der Waals surface area contributed by atoms with E-state index in [9.17, 15) is 4.79 Å². The first-order valence-electron chi connectivity index (χ1n) is 8.22. The molecule has 144 valence electrons. The third-order valence-electron chi connectivity index (χ3n) is 3.68. The number of halogens is 1. The Hall–Kier alpha value is -2.93. The molecule has 0 atom stereocenters. The van der Waals surface area contributed by atoms with Crippen molar-refractivity contribution in [2.75, 3.05) is 27.4 Å². The van der Waals surface area contributed by atoms with Crippen molar-refractivity contribution in [2.45, 2.75) is 6.42 Å². The number of oxime groups is 1. The van der Waals surface area contributed by atoms with E-state index in [0.29, 0.717) is 35.1 Å². The summed E-state index contributed by atoms with van der Waals surface area (Å²) in [6, 6.07) is 12.4. The number of amides is 1. The Morgan fingerprint density at radius 3 is 2.48 bits per heavy atom. The Kier molecular flexibility index (Phi) is 7.76. The van der Waals surface area contributed by atoms with Gasteiger partial charge < -0.3 is 25.4 Å². The number of methoxy groups -OCH3 is 2. The summed E-state index contributed by atoms with van der Waals surface area (Å²) in [5, 5.41) is 7.09. The van der Waals surface area contributed by atoms with E-state index < -0.39 is 0 Å². The van der Waals surface area contributed by atoms with Gasteiger partial charge >= 0.3 is 0 Å². The van der Waals surface area contributed by atoms with Gasteiger partial charge in [0.25, 0.3) is 5.91 Å². The summed E-state index contributed by atoms with van der Waals surface area (Å²) in [5.41, 5.74) is 7.46. The number of ether oxygens (including phenoxy) is 2. The van der Waals surface area contributed by atoms with E-state index in [1.165, 1.54) is 0 Å². The van der Waals surface area contributed by atoms with Crippen LogP contribution in [0.3, 0.4) is 0 Å². The SMILES string of the molecule is COc1ccc(CCNC(=O)CO/N=C(\N)c2ccc(Cl)cc2)cc1OC. The molecule has 3 N–H and O–H groups in total. The minimum absolute atomic E-state index is 0.171. The highest BCUT2D eigenvalue weighted by Crippen LogP contribution is 2.27.